The lowest BCUT2D eigenvalue weighted by molar-refractivity contribution is -0.126. The number of carbonyl (C=O) groups is 2. The Hall–Kier alpha value is -1.61. The first-order chi connectivity index (χ1) is 12.3. The standard InChI is InChI=1S/C16H11Br2Cl2N3O3/c17-10-3-8(4-11(18)16(10)26)7-21-23-15(25)6-14(24)22-9-1-2-12(19)13(20)5-9/h1-5,7,26H,6H2,(H,22,24)(H,23,25)/b21-7+. The Morgan fingerprint density at radius 3 is 2.35 bits per heavy atom. The van der Waals surface area contributed by atoms with Gasteiger partial charge in [0.15, 0.2) is 0 Å². The minimum atomic E-state index is -0.587. The van der Waals surface area contributed by atoms with Crippen LogP contribution in [0.25, 0.3) is 0 Å². The van der Waals surface area contributed by atoms with Gasteiger partial charge in [-0.05, 0) is 67.8 Å². The molecule has 0 heterocycles. The molecule has 0 atom stereocenters. The second kappa shape index (κ2) is 9.36. The molecule has 0 radical (unpaired) electrons. The third-order valence-corrected chi connectivity index (χ3v) is 4.91. The van der Waals surface area contributed by atoms with E-state index in [1.54, 1.807) is 18.2 Å². The summed E-state index contributed by atoms with van der Waals surface area (Å²) in [4.78, 5) is 23.6. The van der Waals surface area contributed by atoms with Crippen LogP contribution >= 0.6 is 55.1 Å². The predicted octanol–water partition coefficient (Wildman–Crippen LogP) is 4.70. The summed E-state index contributed by atoms with van der Waals surface area (Å²) in [5.74, 6) is -1.05. The van der Waals surface area contributed by atoms with Crippen LogP contribution in [0.2, 0.25) is 10.0 Å². The van der Waals surface area contributed by atoms with Crippen LogP contribution in [0.5, 0.6) is 5.75 Å². The second-order valence-electron chi connectivity index (χ2n) is 4.98. The number of carbonyl (C=O) groups excluding carboxylic acids is 2. The number of hydrazone groups is 1. The molecule has 26 heavy (non-hydrogen) atoms. The molecule has 6 nitrogen and oxygen atoms in total. The minimum Gasteiger partial charge on any atom is -0.506 e. The van der Waals surface area contributed by atoms with Gasteiger partial charge in [-0.1, -0.05) is 23.2 Å². The van der Waals surface area contributed by atoms with Crippen LogP contribution in [-0.4, -0.2) is 23.1 Å². The number of aromatic hydroxyl groups is 1. The van der Waals surface area contributed by atoms with E-state index >= 15 is 0 Å². The van der Waals surface area contributed by atoms with Gasteiger partial charge < -0.3 is 10.4 Å². The summed E-state index contributed by atoms with van der Waals surface area (Å²) < 4.78 is 0.946. The van der Waals surface area contributed by atoms with Crippen molar-refractivity contribution in [3.63, 3.8) is 0 Å². The van der Waals surface area contributed by atoms with Crippen molar-refractivity contribution in [2.45, 2.75) is 6.42 Å². The van der Waals surface area contributed by atoms with Gasteiger partial charge in [0, 0.05) is 5.69 Å². The molecule has 10 heteroatoms. The van der Waals surface area contributed by atoms with Gasteiger partial charge >= 0.3 is 0 Å². The summed E-state index contributed by atoms with van der Waals surface area (Å²) in [6, 6.07) is 7.83. The molecule has 2 rings (SSSR count). The molecule has 2 amide bonds. The minimum absolute atomic E-state index is 0.0603. The molecule has 0 aliphatic rings. The summed E-state index contributed by atoms with van der Waals surface area (Å²) in [6.07, 6.45) is 0.963. The fourth-order valence-electron chi connectivity index (χ4n) is 1.80. The second-order valence-corrected chi connectivity index (χ2v) is 7.50. The number of halogens is 4. The summed E-state index contributed by atoms with van der Waals surface area (Å²) >= 11 is 18.0. The first-order valence-electron chi connectivity index (χ1n) is 7.01. The summed E-state index contributed by atoms with van der Waals surface area (Å²) in [5.41, 5.74) is 3.31. The molecule has 0 saturated heterocycles. The first-order valence-corrected chi connectivity index (χ1v) is 9.35. The van der Waals surface area contributed by atoms with Crippen LogP contribution in [0, 0.1) is 0 Å². The van der Waals surface area contributed by atoms with Gasteiger partial charge in [0.2, 0.25) is 11.8 Å². The van der Waals surface area contributed by atoms with E-state index in [4.69, 9.17) is 23.2 Å². The van der Waals surface area contributed by atoms with E-state index < -0.39 is 18.2 Å². The number of hydrogen-bond donors (Lipinski definition) is 3. The van der Waals surface area contributed by atoms with Crippen molar-refractivity contribution in [3.05, 3.63) is 54.9 Å². The maximum Gasteiger partial charge on any atom is 0.249 e. The van der Waals surface area contributed by atoms with Gasteiger partial charge in [0.1, 0.15) is 12.2 Å². The van der Waals surface area contributed by atoms with Gasteiger partial charge in [-0.15, -0.1) is 0 Å². The van der Waals surface area contributed by atoms with Crippen molar-refractivity contribution in [2.75, 3.05) is 5.32 Å². The summed E-state index contributed by atoms with van der Waals surface area (Å²) in [5, 5.41) is 16.6. The lowest BCUT2D eigenvalue weighted by Crippen LogP contribution is -2.24. The van der Waals surface area contributed by atoms with E-state index in [0.717, 1.165) is 0 Å². The molecule has 136 valence electrons. The molecular formula is C16H11Br2Cl2N3O3. The Morgan fingerprint density at radius 2 is 1.73 bits per heavy atom. The van der Waals surface area contributed by atoms with E-state index in [9.17, 15) is 14.7 Å². The fourth-order valence-corrected chi connectivity index (χ4v) is 3.32. The zero-order valence-corrected chi connectivity index (χ0v) is 17.6. The Morgan fingerprint density at radius 1 is 1.08 bits per heavy atom. The van der Waals surface area contributed by atoms with Crippen LogP contribution in [0.3, 0.4) is 0 Å². The number of anilines is 1. The molecule has 0 aromatic heterocycles. The monoisotopic (exact) mass is 521 g/mol. The van der Waals surface area contributed by atoms with E-state index in [1.807, 2.05) is 0 Å². The van der Waals surface area contributed by atoms with Crippen molar-refractivity contribution in [3.8, 4) is 5.75 Å². The van der Waals surface area contributed by atoms with E-state index in [1.165, 1.54) is 18.3 Å². The van der Waals surface area contributed by atoms with Crippen LogP contribution in [-0.2, 0) is 9.59 Å². The molecule has 0 unspecified atom stereocenters. The Kier molecular flexibility index (Phi) is 7.45. The third kappa shape index (κ3) is 5.98. The number of phenolic OH excluding ortho intramolecular Hbond substituents is 1. The van der Waals surface area contributed by atoms with Gasteiger partial charge in [-0.2, -0.15) is 5.10 Å². The van der Waals surface area contributed by atoms with Crippen LogP contribution in [0.4, 0.5) is 5.69 Å². The number of hydrogen-bond acceptors (Lipinski definition) is 4. The Bertz CT molecular complexity index is 868. The lowest BCUT2D eigenvalue weighted by atomic mass is 10.2. The predicted molar refractivity (Wildman–Crippen MR) is 109 cm³/mol. The largest absolute Gasteiger partial charge is 0.506 e. The molecular weight excluding hydrogens is 513 g/mol. The number of amides is 2. The van der Waals surface area contributed by atoms with E-state index in [0.29, 0.717) is 30.2 Å². The Labute approximate surface area is 175 Å². The molecule has 3 N–H and O–H groups in total. The van der Waals surface area contributed by atoms with Gasteiger partial charge in [-0.25, -0.2) is 5.43 Å². The molecule has 2 aromatic carbocycles. The highest BCUT2D eigenvalue weighted by Crippen LogP contribution is 2.32. The van der Waals surface area contributed by atoms with Crippen LogP contribution in [0.15, 0.2) is 44.4 Å². The fraction of sp³-hybridized carbons (Fsp3) is 0.0625. The number of phenols is 1. The number of nitrogens with one attached hydrogen (secondary N) is 2. The van der Waals surface area contributed by atoms with E-state index in [2.05, 4.69) is 47.7 Å². The highest BCUT2D eigenvalue weighted by Gasteiger charge is 2.10. The van der Waals surface area contributed by atoms with Gasteiger partial charge in [0.25, 0.3) is 0 Å². The molecule has 0 spiro atoms. The molecule has 0 fully saturated rings. The molecule has 2 aromatic rings. The molecule has 0 saturated carbocycles. The maximum absolute atomic E-state index is 11.8. The van der Waals surface area contributed by atoms with Crippen molar-refractivity contribution >= 4 is 78.8 Å². The maximum atomic E-state index is 11.8. The normalized spacial score (nSPS) is 10.8. The van der Waals surface area contributed by atoms with Crippen molar-refractivity contribution < 1.29 is 14.7 Å². The highest BCUT2D eigenvalue weighted by atomic mass is 79.9. The summed E-state index contributed by atoms with van der Waals surface area (Å²) in [7, 11) is 0. The third-order valence-electron chi connectivity index (χ3n) is 2.97. The average molecular weight is 524 g/mol. The van der Waals surface area contributed by atoms with Crippen molar-refractivity contribution in [2.24, 2.45) is 5.10 Å². The first kappa shape index (κ1) is 20.7. The lowest BCUT2D eigenvalue weighted by Gasteiger charge is -2.06. The van der Waals surface area contributed by atoms with Crippen LogP contribution < -0.4 is 10.7 Å². The zero-order valence-electron chi connectivity index (χ0n) is 12.9. The van der Waals surface area contributed by atoms with Crippen molar-refractivity contribution in [1.29, 1.82) is 0 Å². The number of nitrogens with zero attached hydrogens (tertiary/aromatic N) is 1. The number of benzene rings is 2. The molecule has 0 bridgehead atoms. The summed E-state index contributed by atoms with van der Waals surface area (Å²) in [6.45, 7) is 0. The quantitative estimate of drug-likeness (QED) is 0.301. The smallest absolute Gasteiger partial charge is 0.249 e. The van der Waals surface area contributed by atoms with Gasteiger partial charge in [-0.3, -0.25) is 9.59 Å². The van der Waals surface area contributed by atoms with Crippen molar-refractivity contribution in [1.82, 2.24) is 5.43 Å². The Balaban J connectivity index is 1.88. The molecule has 0 aliphatic carbocycles. The SMILES string of the molecule is O=C(CC(=O)Nc1ccc(Cl)c(Cl)c1)N/N=C/c1cc(Br)c(O)c(Br)c1. The van der Waals surface area contributed by atoms with E-state index in [-0.39, 0.29) is 5.75 Å². The average Bonchev–Trinajstić information content (AvgIpc) is 2.55. The highest BCUT2D eigenvalue weighted by molar-refractivity contribution is 9.11. The zero-order chi connectivity index (χ0) is 19.3. The number of rotatable bonds is 5. The van der Waals surface area contributed by atoms with Gasteiger partial charge in [0.05, 0.1) is 25.2 Å². The van der Waals surface area contributed by atoms with Crippen LogP contribution in [0.1, 0.15) is 12.0 Å². The molecule has 0 aliphatic heterocycles. The topological polar surface area (TPSA) is 90.8 Å².